The number of rotatable bonds is 1. The smallest absolute Gasteiger partial charge is 0.408 e. The zero-order valence-electron chi connectivity index (χ0n) is 11.5. The lowest BCUT2D eigenvalue weighted by molar-refractivity contribution is 0.0535. The van der Waals surface area contributed by atoms with E-state index in [9.17, 15) is 9.18 Å². The van der Waals surface area contributed by atoms with Gasteiger partial charge in [0, 0.05) is 0 Å². The van der Waals surface area contributed by atoms with Gasteiger partial charge in [-0.3, -0.25) is 0 Å². The normalized spacial score (nSPS) is 10.4. The minimum absolute atomic E-state index is 0.146. The van der Waals surface area contributed by atoms with Gasteiger partial charge in [0.15, 0.2) is 0 Å². The number of aryl methyl sites for hydroxylation is 1. The molecular weight excluding hydrogens is 247 g/mol. The van der Waals surface area contributed by atoms with Crippen LogP contribution in [0.25, 0.3) is 0 Å². The topological polar surface area (TPSA) is 51.2 Å². The minimum Gasteiger partial charge on any atom is -0.444 e. The Bertz CT molecular complexity index is 524. The fourth-order valence-electron chi connectivity index (χ4n) is 1.23. The van der Waals surface area contributed by atoms with E-state index in [2.05, 4.69) is 22.1 Å². The van der Waals surface area contributed by atoms with E-state index in [0.717, 1.165) is 6.20 Å². The van der Waals surface area contributed by atoms with Crippen molar-refractivity contribution in [3.8, 4) is 11.8 Å². The maximum atomic E-state index is 12.8. The molecule has 1 heterocycles. The number of aromatic nitrogens is 1. The van der Waals surface area contributed by atoms with Crippen LogP contribution in [0.15, 0.2) is 12.3 Å². The molecule has 0 aliphatic heterocycles. The van der Waals surface area contributed by atoms with E-state index in [0.29, 0.717) is 11.3 Å². The second-order valence-corrected chi connectivity index (χ2v) is 4.98. The molecular formula is C14H17FN2O2. The molecule has 0 unspecified atom stereocenters. The Hall–Kier alpha value is -2.09. The van der Waals surface area contributed by atoms with Crippen molar-refractivity contribution in [2.24, 2.45) is 0 Å². The predicted octanol–water partition coefficient (Wildman–Crippen LogP) is 2.41. The number of amides is 1. The maximum absolute atomic E-state index is 12.8. The molecule has 19 heavy (non-hydrogen) atoms. The number of halogens is 1. The third-order valence-corrected chi connectivity index (χ3v) is 1.97. The number of alkyl carbamates (subject to hydrolysis) is 1. The molecule has 0 aliphatic carbocycles. The SMILES string of the molecule is Cc1cc(F)cnc1C#CCNC(=O)OC(C)(C)C. The van der Waals surface area contributed by atoms with Gasteiger partial charge in [0.05, 0.1) is 12.7 Å². The number of ether oxygens (including phenoxy) is 1. The van der Waals surface area contributed by atoms with E-state index in [-0.39, 0.29) is 6.54 Å². The largest absolute Gasteiger partial charge is 0.444 e. The van der Waals surface area contributed by atoms with Crippen molar-refractivity contribution in [3.63, 3.8) is 0 Å². The summed E-state index contributed by atoms with van der Waals surface area (Å²) in [5, 5.41) is 2.50. The Morgan fingerprint density at radius 2 is 2.21 bits per heavy atom. The zero-order chi connectivity index (χ0) is 14.5. The highest BCUT2D eigenvalue weighted by molar-refractivity contribution is 5.68. The molecule has 102 valence electrons. The Balaban J connectivity index is 2.50. The number of carbonyl (C=O) groups excluding carboxylic acids is 1. The van der Waals surface area contributed by atoms with Crippen LogP contribution in [0.5, 0.6) is 0 Å². The first kappa shape index (κ1) is 15.0. The van der Waals surface area contributed by atoms with Gasteiger partial charge in [-0.25, -0.2) is 14.2 Å². The van der Waals surface area contributed by atoms with E-state index in [1.165, 1.54) is 6.07 Å². The number of hydrogen-bond acceptors (Lipinski definition) is 3. The van der Waals surface area contributed by atoms with Crippen LogP contribution >= 0.6 is 0 Å². The molecule has 1 N–H and O–H groups in total. The summed E-state index contributed by atoms with van der Waals surface area (Å²) in [7, 11) is 0. The van der Waals surface area contributed by atoms with Crippen LogP contribution in [0.2, 0.25) is 0 Å². The molecule has 1 aromatic rings. The summed E-state index contributed by atoms with van der Waals surface area (Å²) in [5.41, 5.74) is 0.615. The molecule has 0 saturated carbocycles. The van der Waals surface area contributed by atoms with Crippen LogP contribution < -0.4 is 5.32 Å². The fraction of sp³-hybridized carbons (Fsp3) is 0.429. The van der Waals surface area contributed by atoms with Gasteiger partial charge in [-0.1, -0.05) is 5.92 Å². The molecule has 1 amide bonds. The van der Waals surface area contributed by atoms with Gasteiger partial charge in [-0.2, -0.15) is 0 Å². The Morgan fingerprint density at radius 1 is 1.53 bits per heavy atom. The van der Waals surface area contributed by atoms with Gasteiger partial charge in [0.25, 0.3) is 0 Å². The Kier molecular flexibility index (Phi) is 4.87. The summed E-state index contributed by atoms with van der Waals surface area (Å²) >= 11 is 0. The van der Waals surface area contributed by atoms with Crippen molar-refractivity contribution >= 4 is 6.09 Å². The number of nitrogens with one attached hydrogen (secondary N) is 1. The molecule has 5 heteroatoms. The summed E-state index contributed by atoms with van der Waals surface area (Å²) in [5.74, 6) is 5.10. The van der Waals surface area contributed by atoms with E-state index >= 15 is 0 Å². The van der Waals surface area contributed by atoms with Crippen LogP contribution in [-0.4, -0.2) is 23.2 Å². The van der Waals surface area contributed by atoms with Crippen LogP contribution in [0, 0.1) is 24.6 Å². The summed E-state index contributed by atoms with van der Waals surface area (Å²) in [4.78, 5) is 15.2. The lowest BCUT2D eigenvalue weighted by Crippen LogP contribution is -2.32. The number of hydrogen-bond donors (Lipinski definition) is 1. The third-order valence-electron chi connectivity index (χ3n) is 1.97. The van der Waals surface area contributed by atoms with Gasteiger partial charge in [0.2, 0.25) is 0 Å². The summed E-state index contributed by atoms with van der Waals surface area (Å²) in [6, 6.07) is 1.36. The molecule has 0 spiro atoms. The van der Waals surface area contributed by atoms with Crippen molar-refractivity contribution in [2.45, 2.75) is 33.3 Å². The van der Waals surface area contributed by atoms with Crippen LogP contribution in [0.4, 0.5) is 9.18 Å². The Morgan fingerprint density at radius 3 is 2.79 bits per heavy atom. The number of carbonyl (C=O) groups is 1. The highest BCUT2D eigenvalue weighted by Gasteiger charge is 2.14. The average molecular weight is 264 g/mol. The first-order chi connectivity index (χ1) is 8.78. The van der Waals surface area contributed by atoms with Crippen LogP contribution in [0.1, 0.15) is 32.0 Å². The third kappa shape index (κ3) is 5.87. The number of pyridine rings is 1. The maximum Gasteiger partial charge on any atom is 0.408 e. The Labute approximate surface area is 112 Å². The predicted molar refractivity (Wildman–Crippen MR) is 70.0 cm³/mol. The molecule has 1 rings (SSSR count). The quantitative estimate of drug-likeness (QED) is 0.792. The molecule has 0 fully saturated rings. The summed E-state index contributed by atoms with van der Waals surface area (Å²) in [6.07, 6.45) is 0.587. The zero-order valence-corrected chi connectivity index (χ0v) is 11.5. The molecule has 0 saturated heterocycles. The van der Waals surface area contributed by atoms with Crippen molar-refractivity contribution in [3.05, 3.63) is 29.3 Å². The molecule has 0 aliphatic rings. The average Bonchev–Trinajstić information content (AvgIpc) is 2.24. The van der Waals surface area contributed by atoms with Gasteiger partial charge in [-0.15, -0.1) is 0 Å². The van der Waals surface area contributed by atoms with Crippen molar-refractivity contribution < 1.29 is 13.9 Å². The van der Waals surface area contributed by atoms with Gasteiger partial charge < -0.3 is 10.1 Å². The second kappa shape index (κ2) is 6.19. The second-order valence-electron chi connectivity index (χ2n) is 4.98. The summed E-state index contributed by atoms with van der Waals surface area (Å²) < 4.78 is 17.9. The van der Waals surface area contributed by atoms with E-state index in [4.69, 9.17) is 4.74 Å². The molecule has 1 aromatic heterocycles. The number of nitrogens with zero attached hydrogens (tertiary/aromatic N) is 1. The van der Waals surface area contributed by atoms with Crippen molar-refractivity contribution in [2.75, 3.05) is 6.54 Å². The first-order valence-electron chi connectivity index (χ1n) is 5.86. The molecule has 0 aromatic carbocycles. The van der Waals surface area contributed by atoms with E-state index in [1.54, 1.807) is 27.7 Å². The van der Waals surface area contributed by atoms with Crippen LogP contribution in [-0.2, 0) is 4.74 Å². The van der Waals surface area contributed by atoms with Crippen molar-refractivity contribution in [1.82, 2.24) is 10.3 Å². The van der Waals surface area contributed by atoms with Crippen LogP contribution in [0.3, 0.4) is 0 Å². The van der Waals surface area contributed by atoms with E-state index < -0.39 is 17.5 Å². The molecule has 4 nitrogen and oxygen atoms in total. The summed E-state index contributed by atoms with van der Waals surface area (Å²) in [6.45, 7) is 7.22. The van der Waals surface area contributed by atoms with E-state index in [1.807, 2.05) is 0 Å². The van der Waals surface area contributed by atoms with Gasteiger partial charge in [0.1, 0.15) is 17.1 Å². The lowest BCUT2D eigenvalue weighted by atomic mass is 10.2. The highest BCUT2D eigenvalue weighted by Crippen LogP contribution is 2.06. The highest BCUT2D eigenvalue weighted by atomic mass is 19.1. The standard InChI is InChI=1S/C14H17FN2O2/c1-10-8-11(15)9-17-12(10)6-5-7-16-13(18)19-14(2,3)4/h8-9H,7H2,1-4H3,(H,16,18). The molecule has 0 atom stereocenters. The first-order valence-corrected chi connectivity index (χ1v) is 5.86. The minimum atomic E-state index is -0.535. The molecule has 0 radical (unpaired) electrons. The lowest BCUT2D eigenvalue weighted by Gasteiger charge is -2.18. The molecule has 0 bridgehead atoms. The van der Waals surface area contributed by atoms with Gasteiger partial charge >= 0.3 is 6.09 Å². The van der Waals surface area contributed by atoms with Gasteiger partial charge in [-0.05, 0) is 45.2 Å². The van der Waals surface area contributed by atoms with Crippen molar-refractivity contribution in [1.29, 1.82) is 0 Å². The monoisotopic (exact) mass is 264 g/mol. The fourth-order valence-corrected chi connectivity index (χ4v) is 1.23.